The topological polar surface area (TPSA) is 124 Å². The minimum absolute atomic E-state index is 0.488. The third kappa shape index (κ3) is 1.73. The maximum Gasteiger partial charge on any atom is 0.310 e. The van der Waals surface area contributed by atoms with E-state index in [-0.39, 0.29) is 0 Å². The Morgan fingerprint density at radius 1 is 0.962 bits per heavy atom. The molecule has 4 N–H and O–H groups in total. The van der Waals surface area contributed by atoms with Crippen molar-refractivity contribution in [2.45, 2.75) is 58.2 Å². The lowest BCUT2D eigenvalue weighted by Gasteiger charge is -2.65. The van der Waals surface area contributed by atoms with E-state index in [9.17, 15) is 30.0 Å². The van der Waals surface area contributed by atoms with Crippen LogP contribution in [0.15, 0.2) is 11.6 Å². The van der Waals surface area contributed by atoms with Gasteiger partial charge >= 0.3 is 5.97 Å². The lowest BCUT2D eigenvalue weighted by Crippen LogP contribution is -2.74. The summed E-state index contributed by atoms with van der Waals surface area (Å²) in [5.74, 6) is -3.75. The Bertz CT molecular complexity index is 717. The van der Waals surface area contributed by atoms with Crippen molar-refractivity contribution in [3.05, 3.63) is 11.6 Å². The van der Waals surface area contributed by atoms with E-state index in [1.54, 1.807) is 27.7 Å². The van der Waals surface area contributed by atoms with Crippen LogP contribution in [-0.2, 0) is 14.3 Å². The van der Waals surface area contributed by atoms with Crippen LogP contribution in [0.4, 0.5) is 0 Å². The Morgan fingerprint density at radius 2 is 1.58 bits per heavy atom. The van der Waals surface area contributed by atoms with Gasteiger partial charge < -0.3 is 25.2 Å². The molecule has 0 aromatic heterocycles. The highest BCUT2D eigenvalue weighted by Gasteiger charge is 2.77. The number of carbonyl (C=O) groups is 2. The summed E-state index contributed by atoms with van der Waals surface area (Å²) < 4.78 is 5.56. The van der Waals surface area contributed by atoms with Gasteiger partial charge in [0.05, 0.1) is 24.2 Å². The minimum Gasteiger partial charge on any atom is -0.459 e. The van der Waals surface area contributed by atoms with E-state index < -0.39 is 76.8 Å². The van der Waals surface area contributed by atoms with Crippen molar-refractivity contribution < 1.29 is 34.8 Å². The van der Waals surface area contributed by atoms with Crippen LogP contribution in [0.1, 0.15) is 27.7 Å². The number of hydrogen-bond acceptors (Lipinski definition) is 7. The van der Waals surface area contributed by atoms with Crippen molar-refractivity contribution in [2.24, 2.45) is 34.5 Å². The van der Waals surface area contributed by atoms with Crippen molar-refractivity contribution in [1.82, 2.24) is 0 Å². The maximum absolute atomic E-state index is 12.6. The first-order chi connectivity index (χ1) is 12.0. The molecule has 0 unspecified atom stereocenters. The van der Waals surface area contributed by atoms with Gasteiger partial charge in [-0.2, -0.15) is 0 Å². The van der Waals surface area contributed by atoms with E-state index in [0.717, 1.165) is 0 Å². The van der Waals surface area contributed by atoms with Crippen molar-refractivity contribution >= 4 is 11.8 Å². The highest BCUT2D eigenvalue weighted by Crippen LogP contribution is 2.68. The van der Waals surface area contributed by atoms with Crippen molar-refractivity contribution in [3.63, 3.8) is 0 Å². The van der Waals surface area contributed by atoms with Gasteiger partial charge in [0.15, 0.2) is 5.78 Å². The number of ketones is 1. The van der Waals surface area contributed by atoms with Gasteiger partial charge in [-0.1, -0.05) is 26.3 Å². The van der Waals surface area contributed by atoms with Gasteiger partial charge in [0.2, 0.25) is 0 Å². The second-order valence-corrected chi connectivity index (χ2v) is 9.05. The smallest absolute Gasteiger partial charge is 0.310 e. The average Bonchev–Trinajstić information content (AvgIpc) is 2.81. The number of hydrogen-bond donors (Lipinski definition) is 4. The van der Waals surface area contributed by atoms with E-state index in [0.29, 0.717) is 5.57 Å². The molecule has 3 fully saturated rings. The van der Waals surface area contributed by atoms with Gasteiger partial charge in [0, 0.05) is 22.7 Å². The van der Waals surface area contributed by atoms with Crippen molar-refractivity contribution in [1.29, 1.82) is 0 Å². The second-order valence-electron chi connectivity index (χ2n) is 9.05. The normalized spacial score (nSPS) is 58.6. The van der Waals surface area contributed by atoms with Gasteiger partial charge in [0.25, 0.3) is 0 Å². The van der Waals surface area contributed by atoms with Crippen LogP contribution < -0.4 is 0 Å². The summed E-state index contributed by atoms with van der Waals surface area (Å²) in [7, 11) is 0. The number of fused-ring (bicyclic) bond motifs is 2. The standard InChI is InChI=1S/C19H26O7/c1-6-5-8(20)15(24)18(3)9(6)12(22)16-19(4)10(17(25)26-16)7(2)11(21)13(23)14(18)19/h5,7,9-16,21-24H,1-4H3/t7-,9-,10-,11-,12-,13-,14+,15-,16-,18+,19+/m1/s1. The number of aliphatic hydroxyl groups excluding tert-OH is 4. The van der Waals surface area contributed by atoms with Gasteiger partial charge in [-0.05, 0) is 18.9 Å². The van der Waals surface area contributed by atoms with Crippen LogP contribution in [0.2, 0.25) is 0 Å². The van der Waals surface area contributed by atoms with Gasteiger partial charge in [-0.3, -0.25) is 9.59 Å². The number of aliphatic hydroxyl groups is 4. The van der Waals surface area contributed by atoms with Gasteiger partial charge in [0.1, 0.15) is 12.2 Å². The summed E-state index contributed by atoms with van der Waals surface area (Å²) in [6.45, 7) is 6.80. The molecule has 1 aliphatic heterocycles. The van der Waals surface area contributed by atoms with Crippen LogP contribution in [0, 0.1) is 34.5 Å². The molecule has 0 aromatic carbocycles. The molecule has 26 heavy (non-hydrogen) atoms. The molecule has 0 amide bonds. The summed E-state index contributed by atoms with van der Waals surface area (Å²) >= 11 is 0. The molecule has 0 bridgehead atoms. The summed E-state index contributed by atoms with van der Waals surface area (Å²) in [4.78, 5) is 25.0. The zero-order valence-electron chi connectivity index (χ0n) is 15.3. The first-order valence-corrected chi connectivity index (χ1v) is 9.13. The van der Waals surface area contributed by atoms with Gasteiger partial charge in [-0.15, -0.1) is 0 Å². The zero-order valence-corrected chi connectivity index (χ0v) is 15.3. The molecule has 2 saturated carbocycles. The van der Waals surface area contributed by atoms with E-state index in [1.807, 2.05) is 0 Å². The molecule has 11 atom stereocenters. The molecule has 1 saturated heterocycles. The fourth-order valence-electron chi connectivity index (χ4n) is 6.99. The predicted octanol–water partition coefficient (Wildman–Crippen LogP) is -0.591. The monoisotopic (exact) mass is 366 g/mol. The zero-order chi connectivity index (χ0) is 19.3. The third-order valence-corrected chi connectivity index (χ3v) is 7.92. The molecule has 0 aromatic rings. The lowest BCUT2D eigenvalue weighted by atomic mass is 9.39. The molecule has 7 heteroatoms. The quantitative estimate of drug-likeness (QED) is 0.422. The van der Waals surface area contributed by atoms with E-state index in [1.165, 1.54) is 6.08 Å². The minimum atomic E-state index is -1.44. The van der Waals surface area contributed by atoms with Crippen molar-refractivity contribution in [3.8, 4) is 0 Å². The molecule has 7 nitrogen and oxygen atoms in total. The molecule has 1 heterocycles. The molecule has 3 aliphatic carbocycles. The number of ether oxygens (including phenoxy) is 1. The number of carbonyl (C=O) groups excluding carboxylic acids is 2. The van der Waals surface area contributed by atoms with Crippen LogP contribution in [0.3, 0.4) is 0 Å². The maximum atomic E-state index is 12.6. The number of rotatable bonds is 0. The summed E-state index contributed by atoms with van der Waals surface area (Å²) in [5, 5.41) is 43.6. The van der Waals surface area contributed by atoms with Crippen LogP contribution in [-0.4, -0.2) is 62.7 Å². The fraction of sp³-hybridized carbons (Fsp3) is 0.789. The molecular formula is C19H26O7. The molecule has 0 radical (unpaired) electrons. The Labute approximate surface area is 151 Å². The molecule has 4 aliphatic rings. The molecule has 0 spiro atoms. The lowest BCUT2D eigenvalue weighted by molar-refractivity contribution is -0.266. The third-order valence-electron chi connectivity index (χ3n) is 7.92. The first kappa shape index (κ1) is 18.1. The van der Waals surface area contributed by atoms with E-state index >= 15 is 0 Å². The Balaban J connectivity index is 2.00. The number of esters is 1. The van der Waals surface area contributed by atoms with Crippen LogP contribution in [0.25, 0.3) is 0 Å². The largest absolute Gasteiger partial charge is 0.459 e. The fourth-order valence-corrected chi connectivity index (χ4v) is 6.99. The van der Waals surface area contributed by atoms with E-state index in [4.69, 9.17) is 4.74 Å². The highest BCUT2D eigenvalue weighted by molar-refractivity contribution is 5.96. The highest BCUT2D eigenvalue weighted by atomic mass is 16.6. The predicted molar refractivity (Wildman–Crippen MR) is 88.5 cm³/mol. The Kier molecular flexibility index (Phi) is 3.59. The molecular weight excluding hydrogens is 340 g/mol. The summed E-state index contributed by atoms with van der Waals surface area (Å²) in [5.41, 5.74) is -1.65. The summed E-state index contributed by atoms with van der Waals surface area (Å²) in [6, 6.07) is 0. The second kappa shape index (κ2) is 5.16. The van der Waals surface area contributed by atoms with E-state index in [2.05, 4.69) is 0 Å². The SMILES string of the molecule is CC1=CC(=O)[C@@H](O)[C@]2(C)[C@@H]3[C@H](O)[C@H](O)[C@H](C)[C@@H]4C(=O)O[C@H]([C@H](O)[C@@H]12)[C@]34C. The van der Waals surface area contributed by atoms with Crippen molar-refractivity contribution in [2.75, 3.05) is 0 Å². The van der Waals surface area contributed by atoms with Crippen LogP contribution >= 0.6 is 0 Å². The molecule has 4 rings (SSSR count). The first-order valence-electron chi connectivity index (χ1n) is 9.13. The van der Waals surface area contributed by atoms with Crippen LogP contribution in [0.5, 0.6) is 0 Å². The molecule has 144 valence electrons. The Hall–Kier alpha value is -1.28. The average molecular weight is 366 g/mol. The Morgan fingerprint density at radius 3 is 2.19 bits per heavy atom. The summed E-state index contributed by atoms with van der Waals surface area (Å²) in [6.07, 6.45) is -4.55. The van der Waals surface area contributed by atoms with Gasteiger partial charge in [-0.25, -0.2) is 0 Å².